The van der Waals surface area contributed by atoms with E-state index >= 15 is 0 Å². The van der Waals surface area contributed by atoms with Crippen LogP contribution in [-0.2, 0) is 0 Å². The SMILES string of the molecule is O=C(O)c1ccc(OCCNCC2CCCC(O)C2)cc1. The number of carboxylic acids is 1. The first-order chi connectivity index (χ1) is 10.1. The highest BCUT2D eigenvalue weighted by Gasteiger charge is 2.19. The van der Waals surface area contributed by atoms with Gasteiger partial charge < -0.3 is 20.3 Å². The van der Waals surface area contributed by atoms with Crippen LogP contribution in [0.15, 0.2) is 24.3 Å². The molecule has 1 aromatic carbocycles. The molecular formula is C16H23NO4. The Bertz CT molecular complexity index is 446. The molecule has 1 aromatic rings. The van der Waals surface area contributed by atoms with Gasteiger partial charge in [-0.05, 0) is 56.0 Å². The molecule has 0 aromatic heterocycles. The van der Waals surface area contributed by atoms with Gasteiger partial charge in [0.25, 0.3) is 0 Å². The van der Waals surface area contributed by atoms with E-state index in [1.807, 2.05) is 0 Å². The summed E-state index contributed by atoms with van der Waals surface area (Å²) in [4.78, 5) is 10.7. The number of rotatable bonds is 7. The highest BCUT2D eigenvalue weighted by Crippen LogP contribution is 2.23. The van der Waals surface area contributed by atoms with E-state index in [0.717, 1.165) is 32.4 Å². The van der Waals surface area contributed by atoms with Gasteiger partial charge in [-0.25, -0.2) is 4.79 Å². The van der Waals surface area contributed by atoms with Crippen LogP contribution in [0.2, 0.25) is 0 Å². The molecule has 0 bridgehead atoms. The molecule has 1 saturated carbocycles. The summed E-state index contributed by atoms with van der Waals surface area (Å²) in [5, 5.41) is 21.7. The second kappa shape index (κ2) is 8.00. The van der Waals surface area contributed by atoms with Crippen LogP contribution in [0.3, 0.4) is 0 Å². The molecular weight excluding hydrogens is 270 g/mol. The largest absolute Gasteiger partial charge is 0.492 e. The molecule has 1 aliphatic rings. The van der Waals surface area contributed by atoms with Crippen LogP contribution in [0.1, 0.15) is 36.0 Å². The summed E-state index contributed by atoms with van der Waals surface area (Å²) in [7, 11) is 0. The lowest BCUT2D eigenvalue weighted by atomic mass is 9.87. The molecule has 2 atom stereocenters. The topological polar surface area (TPSA) is 78.8 Å². The highest BCUT2D eigenvalue weighted by atomic mass is 16.5. The van der Waals surface area contributed by atoms with E-state index < -0.39 is 5.97 Å². The van der Waals surface area contributed by atoms with E-state index in [-0.39, 0.29) is 11.7 Å². The van der Waals surface area contributed by atoms with E-state index in [9.17, 15) is 9.90 Å². The van der Waals surface area contributed by atoms with Gasteiger partial charge in [0.2, 0.25) is 0 Å². The van der Waals surface area contributed by atoms with Gasteiger partial charge in [0, 0.05) is 6.54 Å². The number of aromatic carboxylic acids is 1. The predicted molar refractivity (Wildman–Crippen MR) is 79.7 cm³/mol. The lowest BCUT2D eigenvalue weighted by Gasteiger charge is -2.25. The van der Waals surface area contributed by atoms with Crippen molar-refractivity contribution in [3.63, 3.8) is 0 Å². The van der Waals surface area contributed by atoms with Crippen molar-refractivity contribution in [3.8, 4) is 5.75 Å². The van der Waals surface area contributed by atoms with Crippen molar-refractivity contribution in [1.82, 2.24) is 5.32 Å². The van der Waals surface area contributed by atoms with Gasteiger partial charge >= 0.3 is 5.97 Å². The summed E-state index contributed by atoms with van der Waals surface area (Å²) in [6.07, 6.45) is 3.99. The summed E-state index contributed by atoms with van der Waals surface area (Å²) >= 11 is 0. The maximum atomic E-state index is 10.7. The van der Waals surface area contributed by atoms with Gasteiger partial charge in [0.05, 0.1) is 11.7 Å². The molecule has 21 heavy (non-hydrogen) atoms. The number of aliphatic hydroxyl groups is 1. The average Bonchev–Trinajstić information content (AvgIpc) is 2.47. The fourth-order valence-corrected chi connectivity index (χ4v) is 2.69. The van der Waals surface area contributed by atoms with E-state index in [0.29, 0.717) is 18.3 Å². The zero-order valence-electron chi connectivity index (χ0n) is 12.1. The molecule has 116 valence electrons. The van der Waals surface area contributed by atoms with E-state index in [2.05, 4.69) is 5.32 Å². The second-order valence-electron chi connectivity index (χ2n) is 5.57. The quantitative estimate of drug-likeness (QED) is 0.669. The van der Waals surface area contributed by atoms with Crippen LogP contribution >= 0.6 is 0 Å². The number of nitrogens with one attached hydrogen (secondary N) is 1. The maximum absolute atomic E-state index is 10.7. The van der Waals surface area contributed by atoms with Gasteiger partial charge in [-0.3, -0.25) is 0 Å². The molecule has 0 spiro atoms. The van der Waals surface area contributed by atoms with Gasteiger partial charge in [0.1, 0.15) is 12.4 Å². The lowest BCUT2D eigenvalue weighted by molar-refractivity contribution is 0.0697. The minimum absolute atomic E-state index is 0.130. The Morgan fingerprint density at radius 1 is 1.29 bits per heavy atom. The van der Waals surface area contributed by atoms with Crippen molar-refractivity contribution in [2.45, 2.75) is 31.8 Å². The van der Waals surface area contributed by atoms with Crippen LogP contribution in [0.5, 0.6) is 5.75 Å². The zero-order valence-corrected chi connectivity index (χ0v) is 12.1. The third-order valence-electron chi connectivity index (χ3n) is 3.84. The third-order valence-corrected chi connectivity index (χ3v) is 3.84. The Hall–Kier alpha value is -1.59. The molecule has 5 heteroatoms. The molecule has 5 nitrogen and oxygen atoms in total. The fourth-order valence-electron chi connectivity index (χ4n) is 2.69. The molecule has 0 radical (unpaired) electrons. The Labute approximate surface area is 124 Å². The Balaban J connectivity index is 1.60. The Morgan fingerprint density at radius 2 is 2.05 bits per heavy atom. The molecule has 0 aliphatic heterocycles. The van der Waals surface area contributed by atoms with Crippen molar-refractivity contribution in [1.29, 1.82) is 0 Å². The number of carbonyl (C=O) groups is 1. The predicted octanol–water partition coefficient (Wildman–Crippen LogP) is 1.90. The lowest BCUT2D eigenvalue weighted by Crippen LogP contribution is -2.31. The van der Waals surface area contributed by atoms with Gasteiger partial charge in [-0.1, -0.05) is 6.42 Å². The molecule has 1 fully saturated rings. The van der Waals surface area contributed by atoms with Gasteiger partial charge in [-0.15, -0.1) is 0 Å². The first kappa shape index (κ1) is 15.8. The van der Waals surface area contributed by atoms with E-state index in [1.54, 1.807) is 12.1 Å². The number of carboxylic acid groups (broad SMARTS) is 1. The number of hydrogen-bond donors (Lipinski definition) is 3. The fraction of sp³-hybridized carbons (Fsp3) is 0.562. The van der Waals surface area contributed by atoms with Crippen LogP contribution in [0, 0.1) is 5.92 Å². The summed E-state index contributed by atoms with van der Waals surface area (Å²) in [6.45, 7) is 2.20. The molecule has 3 N–H and O–H groups in total. The van der Waals surface area contributed by atoms with E-state index in [1.165, 1.54) is 18.6 Å². The number of aliphatic hydroxyl groups excluding tert-OH is 1. The average molecular weight is 293 g/mol. The summed E-state index contributed by atoms with van der Waals surface area (Å²) in [6, 6.07) is 6.41. The Kier molecular flexibility index (Phi) is 6.02. The van der Waals surface area contributed by atoms with Crippen LogP contribution < -0.4 is 10.1 Å². The summed E-state index contributed by atoms with van der Waals surface area (Å²) < 4.78 is 5.55. The normalized spacial score (nSPS) is 22.0. The van der Waals surface area contributed by atoms with Crippen molar-refractivity contribution in [2.24, 2.45) is 5.92 Å². The van der Waals surface area contributed by atoms with Crippen molar-refractivity contribution in [3.05, 3.63) is 29.8 Å². The smallest absolute Gasteiger partial charge is 0.335 e. The molecule has 1 aliphatic carbocycles. The van der Waals surface area contributed by atoms with Gasteiger partial charge in [-0.2, -0.15) is 0 Å². The van der Waals surface area contributed by atoms with Crippen molar-refractivity contribution in [2.75, 3.05) is 19.7 Å². The maximum Gasteiger partial charge on any atom is 0.335 e. The highest BCUT2D eigenvalue weighted by molar-refractivity contribution is 5.87. The van der Waals surface area contributed by atoms with Crippen LogP contribution in [0.4, 0.5) is 0 Å². The van der Waals surface area contributed by atoms with Gasteiger partial charge in [0.15, 0.2) is 0 Å². The van der Waals surface area contributed by atoms with Crippen molar-refractivity contribution < 1.29 is 19.7 Å². The molecule has 2 rings (SSSR count). The van der Waals surface area contributed by atoms with Crippen LogP contribution in [-0.4, -0.2) is 42.0 Å². The zero-order chi connectivity index (χ0) is 15.1. The minimum atomic E-state index is -0.933. The third kappa shape index (κ3) is 5.36. The monoisotopic (exact) mass is 293 g/mol. The Morgan fingerprint density at radius 3 is 2.71 bits per heavy atom. The number of benzene rings is 1. The first-order valence-electron chi connectivity index (χ1n) is 7.50. The van der Waals surface area contributed by atoms with Crippen molar-refractivity contribution >= 4 is 5.97 Å². The number of ether oxygens (including phenoxy) is 1. The molecule has 0 heterocycles. The first-order valence-corrected chi connectivity index (χ1v) is 7.50. The summed E-state index contributed by atoms with van der Waals surface area (Å²) in [5.74, 6) is 0.302. The standard InChI is InChI=1S/C16H23NO4/c18-14-3-1-2-12(10-14)11-17-8-9-21-15-6-4-13(5-7-15)16(19)20/h4-7,12,14,17-18H,1-3,8-11H2,(H,19,20). The molecule has 2 unspecified atom stereocenters. The minimum Gasteiger partial charge on any atom is -0.492 e. The number of hydrogen-bond acceptors (Lipinski definition) is 4. The molecule has 0 saturated heterocycles. The summed E-state index contributed by atoms with van der Waals surface area (Å²) in [5.41, 5.74) is 0.260. The van der Waals surface area contributed by atoms with Crippen LogP contribution in [0.25, 0.3) is 0 Å². The molecule has 0 amide bonds. The second-order valence-corrected chi connectivity index (χ2v) is 5.57. The van der Waals surface area contributed by atoms with E-state index in [4.69, 9.17) is 9.84 Å².